The molecule has 0 bridgehead atoms. The highest BCUT2D eigenvalue weighted by molar-refractivity contribution is 6.99. The Labute approximate surface area is 176 Å². The van der Waals surface area contributed by atoms with Gasteiger partial charge in [-0.2, -0.15) is 0 Å². The summed E-state index contributed by atoms with van der Waals surface area (Å²) in [5.74, 6) is 1.82. The fraction of sp³-hybridized carbons (Fsp3) is 0.360. The van der Waals surface area contributed by atoms with Gasteiger partial charge in [0, 0.05) is 5.92 Å². The molecule has 0 fully saturated rings. The standard InChI is InChI=1S/C25H32O3Si/c1-6-23(26)20(2)24(27)18-13-19-28-29(25(3,4)5,21-14-9-7-10-15-21)22-16-11-8-12-17-22/h1,7-18,20,23-24,26-27H,19H2,2-5H3/b18-13+/t20-,23+,24-/m0/s1. The third-order valence-corrected chi connectivity index (χ3v) is 10.4. The van der Waals surface area contributed by atoms with Gasteiger partial charge >= 0.3 is 0 Å². The molecule has 0 aromatic heterocycles. The molecule has 0 aliphatic heterocycles. The van der Waals surface area contributed by atoms with Gasteiger partial charge in [0.05, 0.1) is 12.7 Å². The fourth-order valence-corrected chi connectivity index (χ4v) is 8.15. The van der Waals surface area contributed by atoms with E-state index in [1.807, 2.05) is 18.2 Å². The van der Waals surface area contributed by atoms with E-state index in [0.29, 0.717) is 6.61 Å². The summed E-state index contributed by atoms with van der Waals surface area (Å²) in [5.41, 5.74) is 0. The lowest BCUT2D eigenvalue weighted by Gasteiger charge is -2.42. The molecule has 0 radical (unpaired) electrons. The Kier molecular flexibility index (Phi) is 8.01. The highest BCUT2D eigenvalue weighted by atomic mass is 28.4. The average Bonchev–Trinajstić information content (AvgIpc) is 2.73. The van der Waals surface area contributed by atoms with Gasteiger partial charge in [-0.25, -0.2) is 0 Å². The topological polar surface area (TPSA) is 49.7 Å². The minimum atomic E-state index is -2.59. The smallest absolute Gasteiger partial charge is 0.261 e. The summed E-state index contributed by atoms with van der Waals surface area (Å²) in [5, 5.41) is 22.3. The Bertz CT molecular complexity index is 779. The Hall–Kier alpha value is -2.16. The maximum absolute atomic E-state index is 10.3. The molecule has 2 rings (SSSR count). The maximum atomic E-state index is 10.3. The first-order valence-corrected chi connectivity index (χ1v) is 11.9. The highest BCUT2D eigenvalue weighted by Gasteiger charge is 2.49. The Morgan fingerprint density at radius 3 is 1.90 bits per heavy atom. The van der Waals surface area contributed by atoms with Gasteiger partial charge in [0.15, 0.2) is 0 Å². The predicted molar refractivity (Wildman–Crippen MR) is 123 cm³/mol. The molecule has 154 valence electrons. The number of terminal acetylenes is 1. The second-order valence-corrected chi connectivity index (χ2v) is 12.7. The zero-order chi connectivity index (χ0) is 21.5. The van der Waals surface area contributed by atoms with Crippen LogP contribution in [0.25, 0.3) is 0 Å². The van der Waals surface area contributed by atoms with Crippen molar-refractivity contribution in [2.24, 2.45) is 5.92 Å². The van der Waals surface area contributed by atoms with Crippen molar-refractivity contribution in [1.29, 1.82) is 0 Å². The summed E-state index contributed by atoms with van der Waals surface area (Å²) in [6, 6.07) is 20.8. The summed E-state index contributed by atoms with van der Waals surface area (Å²) >= 11 is 0. The first-order valence-electron chi connectivity index (χ1n) is 9.98. The molecule has 0 spiro atoms. The van der Waals surface area contributed by atoms with Crippen LogP contribution in [0.3, 0.4) is 0 Å². The Morgan fingerprint density at radius 1 is 1.00 bits per heavy atom. The highest BCUT2D eigenvalue weighted by Crippen LogP contribution is 2.36. The van der Waals surface area contributed by atoms with Crippen molar-refractivity contribution in [1.82, 2.24) is 0 Å². The van der Waals surface area contributed by atoms with Crippen LogP contribution in [0.2, 0.25) is 5.04 Å². The van der Waals surface area contributed by atoms with Crippen molar-refractivity contribution in [2.75, 3.05) is 6.61 Å². The van der Waals surface area contributed by atoms with Gasteiger partial charge in [0.25, 0.3) is 8.32 Å². The molecular formula is C25H32O3Si. The van der Waals surface area contributed by atoms with Crippen LogP contribution in [-0.4, -0.2) is 37.3 Å². The van der Waals surface area contributed by atoms with E-state index < -0.39 is 26.4 Å². The zero-order valence-electron chi connectivity index (χ0n) is 17.7. The van der Waals surface area contributed by atoms with Crippen LogP contribution in [0.15, 0.2) is 72.8 Å². The molecule has 2 aromatic rings. The van der Waals surface area contributed by atoms with E-state index in [1.165, 1.54) is 10.4 Å². The molecule has 0 saturated carbocycles. The van der Waals surface area contributed by atoms with Gasteiger partial charge in [0.2, 0.25) is 0 Å². The van der Waals surface area contributed by atoms with E-state index >= 15 is 0 Å². The van der Waals surface area contributed by atoms with Gasteiger partial charge in [-0.15, -0.1) is 6.42 Å². The van der Waals surface area contributed by atoms with E-state index in [9.17, 15) is 10.2 Å². The zero-order valence-corrected chi connectivity index (χ0v) is 18.7. The first kappa shape index (κ1) is 23.1. The summed E-state index contributed by atoms with van der Waals surface area (Å²) in [4.78, 5) is 0. The maximum Gasteiger partial charge on any atom is 0.261 e. The van der Waals surface area contributed by atoms with Crippen LogP contribution in [0, 0.1) is 18.3 Å². The molecule has 29 heavy (non-hydrogen) atoms. The van der Waals surface area contributed by atoms with Crippen LogP contribution in [0.5, 0.6) is 0 Å². The van der Waals surface area contributed by atoms with Crippen LogP contribution in [0.4, 0.5) is 0 Å². The molecule has 4 heteroatoms. The van der Waals surface area contributed by atoms with Crippen molar-refractivity contribution >= 4 is 18.7 Å². The van der Waals surface area contributed by atoms with Gasteiger partial charge in [0.1, 0.15) is 6.10 Å². The summed E-state index contributed by atoms with van der Waals surface area (Å²) in [7, 11) is -2.59. The third kappa shape index (κ3) is 5.26. The van der Waals surface area contributed by atoms with Crippen molar-refractivity contribution in [3.63, 3.8) is 0 Å². The normalized spacial score (nSPS) is 15.6. The average molecular weight is 409 g/mol. The number of aliphatic hydroxyl groups excluding tert-OH is 2. The first-order chi connectivity index (χ1) is 13.7. The number of benzene rings is 2. The molecule has 0 amide bonds. The van der Waals surface area contributed by atoms with Gasteiger partial charge < -0.3 is 14.6 Å². The van der Waals surface area contributed by atoms with E-state index in [-0.39, 0.29) is 5.04 Å². The van der Waals surface area contributed by atoms with Crippen LogP contribution >= 0.6 is 0 Å². The van der Waals surface area contributed by atoms with E-state index in [4.69, 9.17) is 10.8 Å². The second-order valence-electron chi connectivity index (χ2n) is 8.36. The van der Waals surface area contributed by atoms with Gasteiger partial charge in [-0.1, -0.05) is 106 Å². The SMILES string of the molecule is C#C[C@@H](O)[C@H](C)[C@@H](O)/C=C/CO[Si](c1ccccc1)(c1ccccc1)C(C)(C)C. The molecule has 0 saturated heterocycles. The fourth-order valence-electron chi connectivity index (χ4n) is 3.64. The molecule has 3 atom stereocenters. The molecule has 0 aliphatic rings. The largest absolute Gasteiger partial charge is 0.404 e. The minimum absolute atomic E-state index is 0.102. The molecule has 3 nitrogen and oxygen atoms in total. The van der Waals surface area contributed by atoms with E-state index in [1.54, 1.807) is 13.0 Å². The number of hydrogen-bond acceptors (Lipinski definition) is 3. The van der Waals surface area contributed by atoms with Crippen LogP contribution in [-0.2, 0) is 4.43 Å². The molecular weight excluding hydrogens is 376 g/mol. The second kappa shape index (κ2) is 10.0. The lowest BCUT2D eigenvalue weighted by atomic mass is 9.98. The summed E-state index contributed by atoms with van der Waals surface area (Å²) in [6.45, 7) is 8.77. The monoisotopic (exact) mass is 408 g/mol. The minimum Gasteiger partial charge on any atom is -0.404 e. The Balaban J connectivity index is 2.35. The molecule has 0 heterocycles. The van der Waals surface area contributed by atoms with Crippen LogP contribution < -0.4 is 10.4 Å². The van der Waals surface area contributed by atoms with Crippen molar-refractivity contribution in [3.8, 4) is 12.3 Å². The van der Waals surface area contributed by atoms with Crippen molar-refractivity contribution < 1.29 is 14.6 Å². The number of hydrogen-bond donors (Lipinski definition) is 2. The molecule has 0 aliphatic carbocycles. The quantitative estimate of drug-likeness (QED) is 0.401. The van der Waals surface area contributed by atoms with E-state index in [2.05, 4.69) is 75.2 Å². The lowest BCUT2D eigenvalue weighted by Crippen LogP contribution is -2.66. The summed E-state index contributed by atoms with van der Waals surface area (Å²) in [6.07, 6.45) is 6.91. The third-order valence-electron chi connectivity index (χ3n) is 5.35. The molecule has 2 aromatic carbocycles. The number of rotatable bonds is 8. The number of aliphatic hydroxyl groups is 2. The van der Waals surface area contributed by atoms with E-state index in [0.717, 1.165) is 0 Å². The van der Waals surface area contributed by atoms with Crippen LogP contribution in [0.1, 0.15) is 27.7 Å². The predicted octanol–water partition coefficient (Wildman–Crippen LogP) is 3.11. The van der Waals surface area contributed by atoms with Crippen molar-refractivity contribution in [3.05, 3.63) is 72.8 Å². The Morgan fingerprint density at radius 2 is 1.48 bits per heavy atom. The molecule has 2 N–H and O–H groups in total. The lowest BCUT2D eigenvalue weighted by molar-refractivity contribution is 0.0774. The van der Waals surface area contributed by atoms with Gasteiger partial charge in [-0.3, -0.25) is 0 Å². The van der Waals surface area contributed by atoms with Crippen molar-refractivity contribution in [2.45, 2.75) is 44.9 Å². The summed E-state index contributed by atoms with van der Waals surface area (Å²) < 4.78 is 6.72. The molecule has 0 unspecified atom stereocenters. The van der Waals surface area contributed by atoms with Gasteiger partial charge in [-0.05, 0) is 15.4 Å².